The van der Waals surface area contributed by atoms with Crippen LogP contribution in [0.3, 0.4) is 0 Å². The van der Waals surface area contributed by atoms with Gasteiger partial charge in [-0.1, -0.05) is 6.07 Å². The standard InChI is InChI=1S/C12H14N2O/c1-8(2)15-12-7-13-14-11-6-9(3)4-5-10(11)12/h4-8H,1-3H3. The predicted octanol–water partition coefficient (Wildman–Crippen LogP) is 2.73. The molecule has 0 bridgehead atoms. The lowest BCUT2D eigenvalue weighted by Crippen LogP contribution is -2.06. The molecule has 3 nitrogen and oxygen atoms in total. The summed E-state index contributed by atoms with van der Waals surface area (Å²) in [5.74, 6) is 0.801. The molecule has 0 unspecified atom stereocenters. The van der Waals surface area contributed by atoms with Gasteiger partial charge in [0.1, 0.15) is 5.75 Å². The van der Waals surface area contributed by atoms with Gasteiger partial charge in [0.15, 0.2) is 0 Å². The molecule has 1 aromatic carbocycles. The minimum Gasteiger partial charge on any atom is -0.489 e. The highest BCUT2D eigenvalue weighted by Crippen LogP contribution is 2.24. The fourth-order valence-electron chi connectivity index (χ4n) is 1.49. The second-order valence-corrected chi connectivity index (χ2v) is 3.90. The zero-order chi connectivity index (χ0) is 10.8. The number of aryl methyl sites for hydroxylation is 1. The third kappa shape index (κ3) is 2.06. The number of hydrogen-bond donors (Lipinski definition) is 0. The third-order valence-corrected chi connectivity index (χ3v) is 2.12. The molecule has 1 aromatic heterocycles. The Bertz CT molecular complexity index is 480. The summed E-state index contributed by atoms with van der Waals surface area (Å²) in [7, 11) is 0. The largest absolute Gasteiger partial charge is 0.489 e. The van der Waals surface area contributed by atoms with E-state index in [2.05, 4.69) is 16.3 Å². The van der Waals surface area contributed by atoms with Gasteiger partial charge >= 0.3 is 0 Å². The van der Waals surface area contributed by atoms with Gasteiger partial charge in [0.05, 0.1) is 17.8 Å². The Balaban J connectivity index is 2.56. The zero-order valence-electron chi connectivity index (χ0n) is 9.19. The van der Waals surface area contributed by atoms with E-state index in [1.165, 1.54) is 5.56 Å². The number of ether oxygens (including phenoxy) is 1. The Morgan fingerprint density at radius 3 is 2.80 bits per heavy atom. The zero-order valence-corrected chi connectivity index (χ0v) is 9.19. The molecule has 0 aliphatic carbocycles. The van der Waals surface area contributed by atoms with Crippen LogP contribution in [0, 0.1) is 6.92 Å². The minimum atomic E-state index is 0.152. The Hall–Kier alpha value is -1.64. The van der Waals surface area contributed by atoms with Crippen molar-refractivity contribution in [1.29, 1.82) is 0 Å². The summed E-state index contributed by atoms with van der Waals surface area (Å²) in [4.78, 5) is 0. The second kappa shape index (κ2) is 3.85. The van der Waals surface area contributed by atoms with Gasteiger partial charge < -0.3 is 4.74 Å². The molecule has 78 valence electrons. The van der Waals surface area contributed by atoms with Crippen LogP contribution >= 0.6 is 0 Å². The number of fused-ring (bicyclic) bond motifs is 1. The number of benzene rings is 1. The van der Waals surface area contributed by atoms with Gasteiger partial charge in [-0.2, -0.15) is 10.2 Å². The van der Waals surface area contributed by atoms with Gasteiger partial charge in [0.25, 0.3) is 0 Å². The normalized spacial score (nSPS) is 10.9. The fraction of sp³-hybridized carbons (Fsp3) is 0.333. The van der Waals surface area contributed by atoms with Crippen LogP contribution in [0.4, 0.5) is 0 Å². The van der Waals surface area contributed by atoms with Gasteiger partial charge in [-0.15, -0.1) is 0 Å². The van der Waals surface area contributed by atoms with Crippen molar-refractivity contribution in [3.8, 4) is 5.75 Å². The van der Waals surface area contributed by atoms with Gasteiger partial charge in [0, 0.05) is 5.39 Å². The summed E-state index contributed by atoms with van der Waals surface area (Å²) in [5.41, 5.74) is 2.06. The van der Waals surface area contributed by atoms with Gasteiger partial charge in [-0.3, -0.25) is 0 Å². The lowest BCUT2D eigenvalue weighted by molar-refractivity contribution is 0.244. The first-order chi connectivity index (χ1) is 7.16. The van der Waals surface area contributed by atoms with Crippen LogP contribution in [-0.2, 0) is 0 Å². The van der Waals surface area contributed by atoms with Crippen molar-refractivity contribution in [3.63, 3.8) is 0 Å². The lowest BCUT2D eigenvalue weighted by Gasteiger charge is -2.11. The maximum Gasteiger partial charge on any atom is 0.149 e. The first kappa shape index (κ1) is 9.90. The number of hydrogen-bond acceptors (Lipinski definition) is 3. The maximum absolute atomic E-state index is 5.66. The molecular formula is C12H14N2O. The van der Waals surface area contributed by atoms with E-state index >= 15 is 0 Å². The first-order valence-electron chi connectivity index (χ1n) is 5.05. The topological polar surface area (TPSA) is 35.0 Å². The number of aromatic nitrogens is 2. The van der Waals surface area contributed by atoms with Crippen LogP contribution < -0.4 is 4.74 Å². The lowest BCUT2D eigenvalue weighted by atomic mass is 10.1. The summed E-state index contributed by atoms with van der Waals surface area (Å²) < 4.78 is 5.66. The molecule has 0 saturated heterocycles. The molecule has 0 radical (unpaired) electrons. The van der Waals surface area contributed by atoms with E-state index in [4.69, 9.17) is 4.74 Å². The summed E-state index contributed by atoms with van der Waals surface area (Å²) in [6, 6.07) is 6.09. The van der Waals surface area contributed by atoms with E-state index in [1.54, 1.807) is 6.20 Å². The van der Waals surface area contributed by atoms with E-state index in [9.17, 15) is 0 Å². The molecule has 0 saturated carbocycles. The monoisotopic (exact) mass is 202 g/mol. The molecule has 2 aromatic rings. The highest BCUT2D eigenvalue weighted by atomic mass is 16.5. The Kier molecular flexibility index (Phi) is 2.54. The fourth-order valence-corrected chi connectivity index (χ4v) is 1.49. The average molecular weight is 202 g/mol. The molecule has 0 aliphatic rings. The predicted molar refractivity (Wildman–Crippen MR) is 60.0 cm³/mol. The highest BCUT2D eigenvalue weighted by Gasteiger charge is 2.05. The molecule has 0 fully saturated rings. The van der Waals surface area contributed by atoms with Crippen molar-refractivity contribution >= 4 is 10.9 Å². The first-order valence-corrected chi connectivity index (χ1v) is 5.05. The molecule has 0 aliphatic heterocycles. The van der Waals surface area contributed by atoms with Crippen LogP contribution in [0.1, 0.15) is 19.4 Å². The highest BCUT2D eigenvalue weighted by molar-refractivity contribution is 5.84. The molecule has 0 amide bonds. The summed E-state index contributed by atoms with van der Waals surface area (Å²) >= 11 is 0. The molecule has 0 spiro atoms. The van der Waals surface area contributed by atoms with Gasteiger partial charge in [-0.25, -0.2) is 0 Å². The van der Waals surface area contributed by atoms with Crippen molar-refractivity contribution in [1.82, 2.24) is 10.2 Å². The summed E-state index contributed by atoms with van der Waals surface area (Å²) in [6.45, 7) is 6.04. The van der Waals surface area contributed by atoms with E-state index in [0.717, 1.165) is 16.7 Å². The third-order valence-electron chi connectivity index (χ3n) is 2.12. The van der Waals surface area contributed by atoms with E-state index < -0.39 is 0 Å². The molecule has 0 N–H and O–H groups in total. The molecule has 15 heavy (non-hydrogen) atoms. The van der Waals surface area contributed by atoms with E-state index in [0.29, 0.717) is 0 Å². The second-order valence-electron chi connectivity index (χ2n) is 3.90. The van der Waals surface area contributed by atoms with Gasteiger partial charge in [-0.05, 0) is 38.5 Å². The minimum absolute atomic E-state index is 0.152. The van der Waals surface area contributed by atoms with Crippen molar-refractivity contribution < 1.29 is 4.74 Å². The van der Waals surface area contributed by atoms with E-state index in [1.807, 2.05) is 32.9 Å². The smallest absolute Gasteiger partial charge is 0.149 e. The van der Waals surface area contributed by atoms with Crippen molar-refractivity contribution in [3.05, 3.63) is 30.0 Å². The maximum atomic E-state index is 5.66. The Morgan fingerprint density at radius 2 is 2.07 bits per heavy atom. The molecule has 2 rings (SSSR count). The summed E-state index contributed by atoms with van der Waals surface area (Å²) in [6.07, 6.45) is 1.82. The van der Waals surface area contributed by atoms with E-state index in [-0.39, 0.29) is 6.10 Å². The quantitative estimate of drug-likeness (QED) is 0.751. The SMILES string of the molecule is Cc1ccc2c(OC(C)C)cnnc2c1. The Labute approximate surface area is 89.1 Å². The molecule has 3 heteroatoms. The molecule has 1 heterocycles. The number of rotatable bonds is 2. The average Bonchev–Trinajstić information content (AvgIpc) is 2.16. The number of nitrogens with zero attached hydrogens (tertiary/aromatic N) is 2. The van der Waals surface area contributed by atoms with Crippen LogP contribution in [0.2, 0.25) is 0 Å². The van der Waals surface area contributed by atoms with Crippen LogP contribution in [0.5, 0.6) is 5.75 Å². The molecule has 0 atom stereocenters. The van der Waals surface area contributed by atoms with Crippen LogP contribution in [0.25, 0.3) is 10.9 Å². The van der Waals surface area contributed by atoms with Crippen molar-refractivity contribution in [2.45, 2.75) is 26.9 Å². The Morgan fingerprint density at radius 1 is 1.27 bits per heavy atom. The molecular weight excluding hydrogens is 188 g/mol. The van der Waals surface area contributed by atoms with Gasteiger partial charge in [0.2, 0.25) is 0 Å². The van der Waals surface area contributed by atoms with Crippen LogP contribution in [-0.4, -0.2) is 16.3 Å². The van der Waals surface area contributed by atoms with Crippen molar-refractivity contribution in [2.75, 3.05) is 0 Å². The van der Waals surface area contributed by atoms with Crippen molar-refractivity contribution in [2.24, 2.45) is 0 Å². The summed E-state index contributed by atoms with van der Waals surface area (Å²) in [5, 5.41) is 9.03. The van der Waals surface area contributed by atoms with Crippen LogP contribution in [0.15, 0.2) is 24.4 Å².